The molecule has 0 saturated carbocycles. The number of nitrogens with one attached hydrogen (secondary N) is 1. The van der Waals surface area contributed by atoms with E-state index in [9.17, 15) is 13.2 Å². The second-order valence-electron chi connectivity index (χ2n) is 6.64. The number of likely N-dealkylation sites (N-methyl/N-ethyl adjacent to an activating group) is 1. The Hall–Kier alpha value is -1.60. The Balaban J connectivity index is 1.49. The van der Waals surface area contributed by atoms with Crippen LogP contribution in [0.5, 0.6) is 5.75 Å². The molecule has 1 atom stereocenters. The molecule has 0 bridgehead atoms. The number of benzene rings is 1. The highest BCUT2D eigenvalue weighted by atomic mass is 32.2. The number of fused-ring (bicyclic) bond motifs is 1. The van der Waals surface area contributed by atoms with Gasteiger partial charge in [0.25, 0.3) is 0 Å². The third-order valence-electron chi connectivity index (χ3n) is 4.69. The summed E-state index contributed by atoms with van der Waals surface area (Å²) in [6.07, 6.45) is 2.64. The smallest absolute Gasteiger partial charge is 0.234 e. The summed E-state index contributed by atoms with van der Waals surface area (Å²) in [6, 6.07) is 5.97. The minimum atomic E-state index is -2.93. The fourth-order valence-electron chi connectivity index (χ4n) is 3.26. The van der Waals surface area contributed by atoms with E-state index in [1.165, 1.54) is 5.56 Å². The van der Waals surface area contributed by atoms with Crippen LogP contribution in [0.2, 0.25) is 0 Å². The van der Waals surface area contributed by atoms with Gasteiger partial charge in [-0.25, -0.2) is 8.42 Å². The lowest BCUT2D eigenvalue weighted by Gasteiger charge is -2.22. The lowest BCUT2D eigenvalue weighted by atomic mass is 10.0. The Morgan fingerprint density at radius 3 is 3.00 bits per heavy atom. The number of hydrogen-bond donors (Lipinski definition) is 1. The van der Waals surface area contributed by atoms with Crippen molar-refractivity contribution < 1.29 is 17.9 Å². The van der Waals surface area contributed by atoms with Crippen LogP contribution in [0.15, 0.2) is 18.2 Å². The highest BCUT2D eigenvalue weighted by Gasteiger charge is 2.31. The third kappa shape index (κ3) is 4.27. The first-order valence-corrected chi connectivity index (χ1v) is 10.2. The summed E-state index contributed by atoms with van der Waals surface area (Å²) < 4.78 is 28.6. The summed E-state index contributed by atoms with van der Waals surface area (Å²) in [5, 5.41) is 2.91. The van der Waals surface area contributed by atoms with Gasteiger partial charge in [-0.05, 0) is 43.5 Å². The fourth-order valence-corrected chi connectivity index (χ4v) is 5.06. The van der Waals surface area contributed by atoms with E-state index < -0.39 is 9.84 Å². The van der Waals surface area contributed by atoms with Crippen LogP contribution in [0.1, 0.15) is 24.0 Å². The molecule has 1 N–H and O–H groups in total. The third-order valence-corrected chi connectivity index (χ3v) is 6.44. The van der Waals surface area contributed by atoms with Crippen molar-refractivity contribution in [3.05, 3.63) is 29.3 Å². The van der Waals surface area contributed by atoms with Gasteiger partial charge in [0.15, 0.2) is 9.84 Å². The van der Waals surface area contributed by atoms with Crippen LogP contribution in [-0.2, 0) is 27.6 Å². The van der Waals surface area contributed by atoms with Crippen molar-refractivity contribution in [1.29, 1.82) is 0 Å². The number of sulfone groups is 1. The van der Waals surface area contributed by atoms with Crippen LogP contribution in [-0.4, -0.2) is 57.0 Å². The quantitative estimate of drug-likeness (QED) is 0.846. The molecular weight excluding hydrogens is 328 g/mol. The van der Waals surface area contributed by atoms with Gasteiger partial charge >= 0.3 is 0 Å². The first-order chi connectivity index (χ1) is 11.4. The first-order valence-electron chi connectivity index (χ1n) is 8.35. The van der Waals surface area contributed by atoms with Gasteiger partial charge in [0.2, 0.25) is 5.91 Å². The van der Waals surface area contributed by atoms with Gasteiger partial charge in [0.05, 0.1) is 24.7 Å². The molecule has 7 heteroatoms. The molecule has 0 aliphatic carbocycles. The van der Waals surface area contributed by atoms with Gasteiger partial charge in [-0.1, -0.05) is 12.1 Å². The Labute approximate surface area is 143 Å². The van der Waals surface area contributed by atoms with Gasteiger partial charge in [-0.2, -0.15) is 0 Å². The molecule has 1 saturated heterocycles. The lowest BCUT2D eigenvalue weighted by molar-refractivity contribution is -0.122. The molecule has 0 aromatic heterocycles. The lowest BCUT2D eigenvalue weighted by Crippen LogP contribution is -2.41. The molecule has 2 aliphatic rings. The van der Waals surface area contributed by atoms with Gasteiger partial charge in [-0.3, -0.25) is 9.69 Å². The Morgan fingerprint density at radius 2 is 2.25 bits per heavy atom. The van der Waals surface area contributed by atoms with Crippen LogP contribution in [0.25, 0.3) is 0 Å². The van der Waals surface area contributed by atoms with Crippen molar-refractivity contribution in [2.75, 3.05) is 31.7 Å². The van der Waals surface area contributed by atoms with E-state index in [2.05, 4.69) is 11.4 Å². The highest BCUT2D eigenvalue weighted by Crippen LogP contribution is 2.25. The number of carbonyl (C=O) groups is 1. The summed E-state index contributed by atoms with van der Waals surface area (Å²) in [5.74, 6) is 1.23. The minimum absolute atomic E-state index is 0.0540. The van der Waals surface area contributed by atoms with E-state index in [0.29, 0.717) is 13.0 Å². The summed E-state index contributed by atoms with van der Waals surface area (Å²) in [7, 11) is -1.12. The summed E-state index contributed by atoms with van der Waals surface area (Å²) >= 11 is 0. The first kappa shape index (κ1) is 17.2. The molecule has 132 valence electrons. The average molecular weight is 352 g/mol. The van der Waals surface area contributed by atoms with E-state index in [-0.39, 0.29) is 30.0 Å². The predicted octanol–water partition coefficient (Wildman–Crippen LogP) is 0.747. The van der Waals surface area contributed by atoms with Crippen molar-refractivity contribution in [3.8, 4) is 5.75 Å². The van der Waals surface area contributed by atoms with Crippen molar-refractivity contribution in [2.24, 2.45) is 0 Å². The second-order valence-corrected chi connectivity index (χ2v) is 8.87. The maximum absolute atomic E-state index is 12.1. The largest absolute Gasteiger partial charge is 0.493 e. The van der Waals surface area contributed by atoms with Crippen LogP contribution >= 0.6 is 0 Å². The number of carbonyl (C=O) groups excluding carboxylic acids is 1. The highest BCUT2D eigenvalue weighted by molar-refractivity contribution is 7.91. The molecule has 0 radical (unpaired) electrons. The number of aryl methyl sites for hydroxylation is 1. The normalized spacial score (nSPS) is 22.0. The van der Waals surface area contributed by atoms with Gasteiger partial charge in [0.1, 0.15) is 5.75 Å². The Kier molecular flexibility index (Phi) is 5.10. The van der Waals surface area contributed by atoms with Crippen molar-refractivity contribution in [1.82, 2.24) is 10.2 Å². The number of rotatable bonds is 5. The van der Waals surface area contributed by atoms with E-state index in [4.69, 9.17) is 4.74 Å². The summed E-state index contributed by atoms with van der Waals surface area (Å²) in [6.45, 7) is 1.46. The van der Waals surface area contributed by atoms with Crippen LogP contribution in [0.4, 0.5) is 0 Å². The molecule has 1 aromatic rings. The van der Waals surface area contributed by atoms with E-state index in [0.717, 1.165) is 30.8 Å². The van der Waals surface area contributed by atoms with Crippen molar-refractivity contribution in [3.63, 3.8) is 0 Å². The van der Waals surface area contributed by atoms with E-state index >= 15 is 0 Å². The Bertz CT molecular complexity index is 717. The number of ether oxygens (including phenoxy) is 1. The summed E-state index contributed by atoms with van der Waals surface area (Å²) in [5.41, 5.74) is 2.25. The zero-order valence-corrected chi connectivity index (χ0v) is 14.8. The second kappa shape index (κ2) is 7.11. The molecule has 24 heavy (non-hydrogen) atoms. The van der Waals surface area contributed by atoms with Crippen molar-refractivity contribution >= 4 is 15.7 Å². The molecule has 2 heterocycles. The van der Waals surface area contributed by atoms with Gasteiger partial charge in [0, 0.05) is 12.6 Å². The zero-order chi connectivity index (χ0) is 17.2. The van der Waals surface area contributed by atoms with Gasteiger partial charge in [-0.15, -0.1) is 0 Å². The van der Waals surface area contributed by atoms with Crippen molar-refractivity contribution in [2.45, 2.75) is 31.8 Å². The standard InChI is InChI=1S/C17H24N2O4S/c1-19(15-6-8-24(21,22)12-15)11-17(20)18-10-13-4-5-16-14(9-13)3-2-7-23-16/h4-5,9,15H,2-3,6-8,10-12H2,1H3,(H,18,20)/t15-/m1/s1. The Morgan fingerprint density at radius 1 is 1.42 bits per heavy atom. The molecule has 3 rings (SSSR count). The SMILES string of the molecule is CN(CC(=O)NCc1ccc2c(c1)CCCO2)[C@@H]1CCS(=O)(=O)C1. The number of amides is 1. The molecule has 1 amide bonds. The van der Waals surface area contributed by atoms with Crippen LogP contribution < -0.4 is 10.1 Å². The number of hydrogen-bond acceptors (Lipinski definition) is 5. The fraction of sp³-hybridized carbons (Fsp3) is 0.588. The molecule has 6 nitrogen and oxygen atoms in total. The maximum atomic E-state index is 12.1. The molecule has 1 fully saturated rings. The van der Waals surface area contributed by atoms with Crippen LogP contribution in [0, 0.1) is 0 Å². The maximum Gasteiger partial charge on any atom is 0.234 e. The minimum Gasteiger partial charge on any atom is -0.493 e. The van der Waals surface area contributed by atoms with E-state index in [1.807, 2.05) is 17.0 Å². The van der Waals surface area contributed by atoms with E-state index in [1.54, 1.807) is 7.05 Å². The molecule has 2 aliphatic heterocycles. The summed E-state index contributed by atoms with van der Waals surface area (Å²) in [4.78, 5) is 13.9. The predicted molar refractivity (Wildman–Crippen MR) is 91.8 cm³/mol. The molecule has 0 unspecified atom stereocenters. The van der Waals surface area contributed by atoms with Crippen LogP contribution in [0.3, 0.4) is 0 Å². The number of nitrogens with zero attached hydrogens (tertiary/aromatic N) is 1. The average Bonchev–Trinajstić information content (AvgIpc) is 2.93. The molecular formula is C17H24N2O4S. The monoisotopic (exact) mass is 352 g/mol. The topological polar surface area (TPSA) is 75.7 Å². The van der Waals surface area contributed by atoms with Gasteiger partial charge < -0.3 is 10.1 Å². The molecule has 0 spiro atoms. The zero-order valence-electron chi connectivity index (χ0n) is 14.0. The molecule has 1 aromatic carbocycles.